The number of carbonyl (C=O) groups is 1. The summed E-state index contributed by atoms with van der Waals surface area (Å²) in [5.74, 6) is 0.0938. The first kappa shape index (κ1) is 14.6. The third-order valence-corrected chi connectivity index (χ3v) is 5.33. The van der Waals surface area contributed by atoms with Gasteiger partial charge in [-0.15, -0.1) is 0 Å². The molecule has 1 heterocycles. The van der Waals surface area contributed by atoms with Gasteiger partial charge in [0.25, 0.3) is 0 Å². The first-order valence-electron chi connectivity index (χ1n) is 6.88. The lowest BCUT2D eigenvalue weighted by Crippen LogP contribution is -2.19. The molecule has 1 amide bonds. The molecule has 0 bridgehead atoms. The van der Waals surface area contributed by atoms with Gasteiger partial charge in [0.15, 0.2) is 0 Å². The lowest BCUT2D eigenvalue weighted by molar-refractivity contribution is -0.116. The van der Waals surface area contributed by atoms with E-state index >= 15 is 0 Å². The molecule has 4 heteroatoms. The van der Waals surface area contributed by atoms with Crippen LogP contribution in [0.3, 0.4) is 0 Å². The van der Waals surface area contributed by atoms with Gasteiger partial charge in [0.1, 0.15) is 0 Å². The number of hydrogen-bond acceptors (Lipinski definition) is 1. The van der Waals surface area contributed by atoms with Crippen molar-refractivity contribution in [2.45, 2.75) is 24.6 Å². The van der Waals surface area contributed by atoms with E-state index in [-0.39, 0.29) is 10.7 Å². The van der Waals surface area contributed by atoms with E-state index in [0.29, 0.717) is 6.42 Å². The van der Waals surface area contributed by atoms with Crippen LogP contribution in [-0.4, -0.2) is 5.91 Å². The zero-order chi connectivity index (χ0) is 15.0. The SMILES string of the molecule is Cc1c(Cl)cccc1C(Br)c1ccc2c(c1)CCC(=O)N2. The molecule has 0 aliphatic carbocycles. The van der Waals surface area contributed by atoms with Gasteiger partial charge in [0.2, 0.25) is 5.91 Å². The molecule has 2 nitrogen and oxygen atoms in total. The predicted octanol–water partition coefficient (Wildman–Crippen LogP) is 5.02. The Labute approximate surface area is 137 Å². The van der Waals surface area contributed by atoms with Gasteiger partial charge < -0.3 is 5.32 Å². The van der Waals surface area contributed by atoms with Crippen molar-refractivity contribution in [3.05, 3.63) is 63.7 Å². The highest BCUT2D eigenvalue weighted by Crippen LogP contribution is 2.37. The molecule has 0 fully saturated rings. The van der Waals surface area contributed by atoms with E-state index in [2.05, 4.69) is 33.4 Å². The van der Waals surface area contributed by atoms with E-state index in [1.165, 1.54) is 16.7 Å². The number of rotatable bonds is 2. The summed E-state index contributed by atoms with van der Waals surface area (Å²) in [6, 6.07) is 12.1. The summed E-state index contributed by atoms with van der Waals surface area (Å²) in [6.45, 7) is 2.03. The van der Waals surface area contributed by atoms with Gasteiger partial charge in [-0.05, 0) is 47.7 Å². The van der Waals surface area contributed by atoms with Crippen LogP contribution in [0.15, 0.2) is 36.4 Å². The standard InChI is InChI=1S/C17H15BrClNO/c1-10-13(3-2-4-14(10)19)17(18)12-5-7-15-11(9-12)6-8-16(21)20-15/h2-5,7,9,17H,6,8H2,1H3,(H,20,21). The smallest absolute Gasteiger partial charge is 0.224 e. The van der Waals surface area contributed by atoms with Crippen molar-refractivity contribution in [2.75, 3.05) is 5.32 Å². The first-order valence-corrected chi connectivity index (χ1v) is 8.17. The maximum atomic E-state index is 11.4. The average molecular weight is 365 g/mol. The van der Waals surface area contributed by atoms with Crippen LogP contribution in [0.25, 0.3) is 0 Å². The lowest BCUT2D eigenvalue weighted by atomic mass is 9.95. The van der Waals surface area contributed by atoms with Gasteiger partial charge in [-0.2, -0.15) is 0 Å². The van der Waals surface area contributed by atoms with E-state index < -0.39 is 0 Å². The van der Waals surface area contributed by atoms with Crippen molar-refractivity contribution >= 4 is 39.1 Å². The summed E-state index contributed by atoms with van der Waals surface area (Å²) in [7, 11) is 0. The zero-order valence-corrected chi connectivity index (χ0v) is 14.0. The number of nitrogens with one attached hydrogen (secondary N) is 1. The minimum absolute atomic E-state index is 0.0938. The third kappa shape index (κ3) is 2.85. The van der Waals surface area contributed by atoms with Crippen LogP contribution in [0.4, 0.5) is 5.69 Å². The molecule has 0 spiro atoms. The highest BCUT2D eigenvalue weighted by Gasteiger charge is 2.19. The van der Waals surface area contributed by atoms with Crippen LogP contribution >= 0.6 is 27.5 Å². The normalized spacial score (nSPS) is 15.3. The van der Waals surface area contributed by atoms with Crippen molar-refractivity contribution in [3.8, 4) is 0 Å². The molecule has 3 rings (SSSR count). The average Bonchev–Trinajstić information content (AvgIpc) is 2.49. The Balaban J connectivity index is 1.97. The molecule has 1 unspecified atom stereocenters. The molecule has 108 valence electrons. The van der Waals surface area contributed by atoms with Gasteiger partial charge in [0.05, 0.1) is 4.83 Å². The Kier molecular flexibility index (Phi) is 4.05. The lowest BCUT2D eigenvalue weighted by Gasteiger charge is -2.20. The van der Waals surface area contributed by atoms with Gasteiger partial charge in [-0.25, -0.2) is 0 Å². The van der Waals surface area contributed by atoms with E-state index in [1.54, 1.807) is 0 Å². The summed E-state index contributed by atoms with van der Waals surface area (Å²) < 4.78 is 0. The number of fused-ring (bicyclic) bond motifs is 1. The Morgan fingerprint density at radius 1 is 1.24 bits per heavy atom. The summed E-state index contributed by atoms with van der Waals surface area (Å²) in [5, 5.41) is 3.69. The van der Waals surface area contributed by atoms with Crippen molar-refractivity contribution in [3.63, 3.8) is 0 Å². The van der Waals surface area contributed by atoms with Crippen molar-refractivity contribution in [2.24, 2.45) is 0 Å². The number of alkyl halides is 1. The minimum atomic E-state index is 0.0938. The van der Waals surface area contributed by atoms with E-state index in [4.69, 9.17) is 11.6 Å². The zero-order valence-electron chi connectivity index (χ0n) is 11.6. The molecule has 2 aromatic carbocycles. The molecule has 0 saturated heterocycles. The maximum absolute atomic E-state index is 11.4. The topological polar surface area (TPSA) is 29.1 Å². The third-order valence-electron chi connectivity index (χ3n) is 3.90. The Morgan fingerprint density at radius 2 is 2.05 bits per heavy atom. The molecule has 0 saturated carbocycles. The molecule has 1 aliphatic rings. The second-order valence-electron chi connectivity index (χ2n) is 5.28. The quantitative estimate of drug-likeness (QED) is 0.745. The molecule has 0 radical (unpaired) electrons. The van der Waals surface area contributed by atoms with Gasteiger partial charge >= 0.3 is 0 Å². The van der Waals surface area contributed by atoms with Crippen LogP contribution in [0.5, 0.6) is 0 Å². The minimum Gasteiger partial charge on any atom is -0.326 e. The summed E-state index contributed by atoms with van der Waals surface area (Å²) in [5.41, 5.74) is 5.55. The van der Waals surface area contributed by atoms with Crippen LogP contribution in [-0.2, 0) is 11.2 Å². The fraction of sp³-hybridized carbons (Fsp3) is 0.235. The predicted molar refractivity (Wildman–Crippen MR) is 90.4 cm³/mol. The van der Waals surface area contributed by atoms with E-state index in [1.807, 2.05) is 31.2 Å². The number of anilines is 1. The highest BCUT2D eigenvalue weighted by atomic mass is 79.9. The molecular weight excluding hydrogens is 350 g/mol. The summed E-state index contributed by atoms with van der Waals surface area (Å²) in [4.78, 5) is 11.5. The Morgan fingerprint density at radius 3 is 2.86 bits per heavy atom. The molecule has 2 aromatic rings. The number of benzene rings is 2. The van der Waals surface area contributed by atoms with Gasteiger partial charge in [-0.1, -0.05) is 51.8 Å². The molecule has 1 atom stereocenters. The van der Waals surface area contributed by atoms with Crippen LogP contribution < -0.4 is 5.32 Å². The van der Waals surface area contributed by atoms with Crippen molar-refractivity contribution in [1.29, 1.82) is 0 Å². The summed E-state index contributed by atoms with van der Waals surface area (Å²) >= 11 is 9.98. The van der Waals surface area contributed by atoms with Crippen LogP contribution in [0, 0.1) is 6.92 Å². The molecule has 0 aromatic heterocycles. The Bertz CT molecular complexity index is 714. The number of carbonyl (C=O) groups excluding carboxylic acids is 1. The Hall–Kier alpha value is -1.32. The van der Waals surface area contributed by atoms with Crippen LogP contribution in [0.1, 0.15) is 33.5 Å². The molecule has 1 aliphatic heterocycles. The number of amides is 1. The number of halogens is 2. The van der Waals surface area contributed by atoms with Crippen LogP contribution in [0.2, 0.25) is 5.02 Å². The highest BCUT2D eigenvalue weighted by molar-refractivity contribution is 9.09. The first-order chi connectivity index (χ1) is 10.1. The monoisotopic (exact) mass is 363 g/mol. The van der Waals surface area contributed by atoms with Gasteiger partial charge in [-0.3, -0.25) is 4.79 Å². The van der Waals surface area contributed by atoms with Crippen molar-refractivity contribution in [1.82, 2.24) is 0 Å². The largest absolute Gasteiger partial charge is 0.326 e. The molecule has 1 N–H and O–H groups in total. The number of hydrogen-bond donors (Lipinski definition) is 1. The second kappa shape index (κ2) is 5.82. The maximum Gasteiger partial charge on any atom is 0.224 e. The number of aryl methyl sites for hydroxylation is 1. The molecule has 21 heavy (non-hydrogen) atoms. The molecular formula is C17H15BrClNO. The van der Waals surface area contributed by atoms with Gasteiger partial charge in [0, 0.05) is 17.1 Å². The summed E-state index contributed by atoms with van der Waals surface area (Å²) in [6.07, 6.45) is 1.35. The van der Waals surface area contributed by atoms with E-state index in [9.17, 15) is 4.79 Å². The van der Waals surface area contributed by atoms with E-state index in [0.717, 1.165) is 22.7 Å². The fourth-order valence-electron chi connectivity index (χ4n) is 2.64. The fourth-order valence-corrected chi connectivity index (χ4v) is 3.60. The van der Waals surface area contributed by atoms with Crippen molar-refractivity contribution < 1.29 is 4.79 Å². The second-order valence-corrected chi connectivity index (χ2v) is 6.60.